The highest BCUT2D eigenvalue weighted by Crippen LogP contribution is 2.30. The zero-order valence-corrected chi connectivity index (χ0v) is 20.9. The summed E-state index contributed by atoms with van der Waals surface area (Å²) in [6, 6.07) is 9.46. The third kappa shape index (κ3) is 6.75. The van der Waals surface area contributed by atoms with E-state index in [4.69, 9.17) is 0 Å². The molecule has 0 bridgehead atoms. The molecule has 2 aromatic heterocycles. The second kappa shape index (κ2) is 12.6. The molecular formula is C28H32FN5O2. The van der Waals surface area contributed by atoms with E-state index in [0.717, 1.165) is 18.4 Å². The van der Waals surface area contributed by atoms with Crippen LogP contribution in [0.4, 0.5) is 10.2 Å². The maximum Gasteiger partial charge on any atom is 0.251 e. The number of nitrogens with zero attached hydrogens (tertiary/aromatic N) is 3. The molecule has 0 aliphatic heterocycles. The fourth-order valence-electron chi connectivity index (χ4n) is 3.41. The Morgan fingerprint density at radius 2 is 1.83 bits per heavy atom. The minimum Gasteiger partial charge on any atom is -0.348 e. The number of hydrogen-bond acceptors (Lipinski definition) is 4. The van der Waals surface area contributed by atoms with Gasteiger partial charge in [-0.05, 0) is 61.7 Å². The van der Waals surface area contributed by atoms with Crippen molar-refractivity contribution in [3.63, 3.8) is 0 Å². The van der Waals surface area contributed by atoms with Crippen molar-refractivity contribution in [3.8, 4) is 5.69 Å². The fourth-order valence-corrected chi connectivity index (χ4v) is 3.41. The highest BCUT2D eigenvalue weighted by atomic mass is 19.1. The molecule has 0 unspecified atom stereocenters. The van der Waals surface area contributed by atoms with Gasteiger partial charge in [0.2, 0.25) is 5.91 Å². The van der Waals surface area contributed by atoms with Crippen molar-refractivity contribution < 1.29 is 14.0 Å². The maximum absolute atomic E-state index is 13.3. The van der Waals surface area contributed by atoms with Gasteiger partial charge in [0.05, 0.1) is 17.6 Å². The van der Waals surface area contributed by atoms with E-state index in [1.807, 2.05) is 6.07 Å². The van der Waals surface area contributed by atoms with Crippen LogP contribution < -0.4 is 10.6 Å². The van der Waals surface area contributed by atoms with Gasteiger partial charge in [-0.1, -0.05) is 39.0 Å². The Bertz CT molecular complexity index is 1230. The summed E-state index contributed by atoms with van der Waals surface area (Å²) in [6.45, 7) is 10.1. The predicted molar refractivity (Wildman–Crippen MR) is 141 cm³/mol. The van der Waals surface area contributed by atoms with E-state index in [9.17, 15) is 14.0 Å². The molecule has 1 aliphatic carbocycles. The van der Waals surface area contributed by atoms with Gasteiger partial charge >= 0.3 is 0 Å². The Kier molecular flexibility index (Phi) is 9.27. The number of benzene rings is 1. The lowest BCUT2D eigenvalue weighted by Gasteiger charge is -2.10. The van der Waals surface area contributed by atoms with E-state index < -0.39 is 0 Å². The van der Waals surface area contributed by atoms with Gasteiger partial charge < -0.3 is 10.6 Å². The highest BCUT2D eigenvalue weighted by Gasteiger charge is 2.29. The van der Waals surface area contributed by atoms with Crippen molar-refractivity contribution in [1.29, 1.82) is 0 Å². The first-order valence-electron chi connectivity index (χ1n) is 12.1. The summed E-state index contributed by atoms with van der Waals surface area (Å²) in [5.74, 6) is -0.00342. The molecule has 1 aliphatic rings. The third-order valence-corrected chi connectivity index (χ3v) is 5.37. The minimum atomic E-state index is -0.340. The largest absolute Gasteiger partial charge is 0.348 e. The minimum absolute atomic E-state index is 0.000448. The smallest absolute Gasteiger partial charge is 0.251 e. The molecule has 2 heterocycles. The van der Waals surface area contributed by atoms with Crippen LogP contribution in [-0.2, 0) is 16.1 Å². The highest BCUT2D eigenvalue weighted by molar-refractivity contribution is 6.20. The Morgan fingerprint density at radius 1 is 1.14 bits per heavy atom. The van der Waals surface area contributed by atoms with Crippen LogP contribution in [0.1, 0.15) is 56.9 Å². The SMILES string of the molecule is C=Cc1c(/C(=C\C)C(=O)NCc2ccc(NC(=O)C3CC3)nc2)cnn1-c1ccc(F)cc1.CCC. The molecule has 7 nitrogen and oxygen atoms in total. The first-order valence-corrected chi connectivity index (χ1v) is 12.1. The maximum atomic E-state index is 13.3. The van der Waals surface area contributed by atoms with Crippen LogP contribution in [0.5, 0.6) is 0 Å². The number of hydrogen-bond donors (Lipinski definition) is 2. The van der Waals surface area contributed by atoms with Crippen molar-refractivity contribution in [2.24, 2.45) is 5.92 Å². The number of aromatic nitrogens is 3. The van der Waals surface area contributed by atoms with E-state index in [-0.39, 0.29) is 30.1 Å². The van der Waals surface area contributed by atoms with E-state index in [0.29, 0.717) is 28.3 Å². The summed E-state index contributed by atoms with van der Waals surface area (Å²) in [7, 11) is 0. The zero-order chi connectivity index (χ0) is 26.1. The topological polar surface area (TPSA) is 88.9 Å². The summed E-state index contributed by atoms with van der Waals surface area (Å²) in [6.07, 6.45) is 9.65. The molecule has 0 saturated heterocycles. The number of rotatable bonds is 8. The molecule has 36 heavy (non-hydrogen) atoms. The standard InChI is InChI=1S/C25H24FN5O2.C3H8/c1-3-20(21-15-29-31(22(21)4-2)19-10-8-18(26)9-11-19)25(33)28-14-16-5-12-23(27-13-16)30-24(32)17-6-7-17;1-3-2/h3-5,8-13,15,17H,2,6-7,14H2,1H3,(H,28,33)(H,27,30,32);3H2,1-2H3/b20-3+;. The summed E-state index contributed by atoms with van der Waals surface area (Å²) >= 11 is 0. The number of carbonyl (C=O) groups excluding carboxylic acids is 2. The molecule has 1 fully saturated rings. The Labute approximate surface area is 211 Å². The van der Waals surface area contributed by atoms with Crippen molar-refractivity contribution in [3.05, 3.63) is 84.1 Å². The van der Waals surface area contributed by atoms with E-state index in [2.05, 4.69) is 41.1 Å². The molecule has 3 aromatic rings. The predicted octanol–water partition coefficient (Wildman–Crippen LogP) is 5.53. The van der Waals surface area contributed by atoms with Crippen molar-refractivity contribution in [2.75, 3.05) is 5.32 Å². The van der Waals surface area contributed by atoms with E-state index in [1.54, 1.807) is 54.4 Å². The molecule has 8 heteroatoms. The molecule has 1 aromatic carbocycles. The van der Waals surface area contributed by atoms with Gasteiger partial charge in [0.25, 0.3) is 5.91 Å². The molecule has 0 spiro atoms. The number of nitrogens with one attached hydrogen (secondary N) is 2. The summed E-state index contributed by atoms with van der Waals surface area (Å²) in [4.78, 5) is 29.0. The average Bonchev–Trinajstić information content (AvgIpc) is 3.65. The van der Waals surface area contributed by atoms with Crippen LogP contribution in [0, 0.1) is 11.7 Å². The second-order valence-electron chi connectivity index (χ2n) is 8.44. The van der Waals surface area contributed by atoms with E-state index in [1.165, 1.54) is 18.6 Å². The molecular weight excluding hydrogens is 457 g/mol. The first-order chi connectivity index (χ1) is 17.4. The van der Waals surface area contributed by atoms with Gasteiger partial charge in [0.15, 0.2) is 0 Å². The van der Waals surface area contributed by atoms with Crippen molar-refractivity contribution in [1.82, 2.24) is 20.1 Å². The normalized spacial score (nSPS) is 12.8. The van der Waals surface area contributed by atoms with Crippen LogP contribution >= 0.6 is 0 Å². The van der Waals surface area contributed by atoms with Gasteiger partial charge in [-0.25, -0.2) is 14.1 Å². The molecule has 0 radical (unpaired) electrons. The lowest BCUT2D eigenvalue weighted by Crippen LogP contribution is -2.24. The molecule has 1 saturated carbocycles. The van der Waals surface area contributed by atoms with Crippen LogP contribution in [-0.4, -0.2) is 26.6 Å². The lowest BCUT2D eigenvalue weighted by molar-refractivity contribution is -0.117. The van der Waals surface area contributed by atoms with Crippen LogP contribution in [0.3, 0.4) is 0 Å². The zero-order valence-electron chi connectivity index (χ0n) is 20.9. The van der Waals surface area contributed by atoms with Gasteiger partial charge in [0.1, 0.15) is 11.6 Å². The lowest BCUT2D eigenvalue weighted by atomic mass is 10.1. The van der Waals surface area contributed by atoms with E-state index >= 15 is 0 Å². The van der Waals surface area contributed by atoms with Crippen molar-refractivity contribution >= 4 is 29.3 Å². The number of allylic oxidation sites excluding steroid dienone is 1. The van der Waals surface area contributed by atoms with Gasteiger partial charge in [-0.2, -0.15) is 5.10 Å². The third-order valence-electron chi connectivity index (χ3n) is 5.37. The number of halogens is 1. The molecule has 2 amide bonds. The molecule has 0 atom stereocenters. The Morgan fingerprint density at radius 3 is 2.39 bits per heavy atom. The number of amides is 2. The summed E-state index contributed by atoms with van der Waals surface area (Å²) in [5.41, 5.74) is 3.15. The summed E-state index contributed by atoms with van der Waals surface area (Å²) in [5, 5.41) is 10.0. The van der Waals surface area contributed by atoms with Crippen molar-refractivity contribution in [2.45, 2.75) is 46.6 Å². The van der Waals surface area contributed by atoms with Crippen LogP contribution in [0.15, 0.2) is 61.4 Å². The monoisotopic (exact) mass is 489 g/mol. The molecule has 188 valence electrons. The fraction of sp³-hybridized carbons (Fsp3) is 0.286. The first kappa shape index (κ1) is 26.5. The number of anilines is 1. The summed E-state index contributed by atoms with van der Waals surface area (Å²) < 4.78 is 14.9. The number of carbonyl (C=O) groups is 2. The van der Waals surface area contributed by atoms with Crippen LogP contribution in [0.25, 0.3) is 17.3 Å². The quantitative estimate of drug-likeness (QED) is 0.407. The Hall–Kier alpha value is -4.07. The Balaban J connectivity index is 0.00000115. The average molecular weight is 490 g/mol. The number of pyridine rings is 1. The molecule has 4 rings (SSSR count). The van der Waals surface area contributed by atoms with Gasteiger partial charge in [-0.3, -0.25) is 9.59 Å². The van der Waals surface area contributed by atoms with Gasteiger partial charge in [-0.15, -0.1) is 0 Å². The molecule has 2 N–H and O–H groups in total. The second-order valence-corrected chi connectivity index (χ2v) is 8.44. The van der Waals surface area contributed by atoms with Crippen LogP contribution in [0.2, 0.25) is 0 Å². The van der Waals surface area contributed by atoms with Gasteiger partial charge in [0, 0.05) is 29.8 Å².